The summed E-state index contributed by atoms with van der Waals surface area (Å²) in [6, 6.07) is 18.3. The molecule has 0 radical (unpaired) electrons. The van der Waals surface area contributed by atoms with Crippen LogP contribution in [0.4, 0.5) is 5.69 Å². The molecule has 1 fully saturated rings. The molecule has 6 nitrogen and oxygen atoms in total. The van der Waals surface area contributed by atoms with Gasteiger partial charge in [0.25, 0.3) is 0 Å². The van der Waals surface area contributed by atoms with Crippen molar-refractivity contribution in [3.05, 3.63) is 54.6 Å². The normalized spacial score (nSPS) is 17.7. The van der Waals surface area contributed by atoms with E-state index < -0.39 is 5.97 Å². The van der Waals surface area contributed by atoms with E-state index in [0.717, 1.165) is 49.2 Å². The number of carboxylic acids is 1. The summed E-state index contributed by atoms with van der Waals surface area (Å²) < 4.78 is 0. The molecule has 1 aliphatic rings. The maximum Gasteiger partial charge on any atom is 0.317 e. The number of benzene rings is 2. The molecular weight excluding hydrogens is 366 g/mol. The zero-order valence-electron chi connectivity index (χ0n) is 16.9. The van der Waals surface area contributed by atoms with Crippen molar-refractivity contribution >= 4 is 17.6 Å². The zero-order chi connectivity index (χ0) is 20.6. The summed E-state index contributed by atoms with van der Waals surface area (Å²) in [6.45, 7) is 2.08. The molecule has 154 valence electrons. The number of rotatable bonds is 7. The number of likely N-dealkylation sites (N-methyl/N-ethyl adjacent to an activating group) is 1. The predicted octanol–water partition coefficient (Wildman–Crippen LogP) is 3.16. The summed E-state index contributed by atoms with van der Waals surface area (Å²) in [4.78, 5) is 27.4. The third-order valence-corrected chi connectivity index (χ3v) is 5.44. The minimum atomic E-state index is -0.800. The number of aliphatic carboxylic acids is 1. The molecule has 0 spiro atoms. The van der Waals surface area contributed by atoms with Crippen LogP contribution in [0.3, 0.4) is 0 Å². The maximum absolute atomic E-state index is 12.5. The SMILES string of the molecule is CN(CC(=O)O)C1CCCN(CC(=O)Nc2ccc(-c3ccccc3)cc2)CC1. The van der Waals surface area contributed by atoms with E-state index in [0.29, 0.717) is 6.54 Å². The second-order valence-electron chi connectivity index (χ2n) is 7.66. The van der Waals surface area contributed by atoms with Crippen LogP contribution < -0.4 is 5.32 Å². The lowest BCUT2D eigenvalue weighted by Crippen LogP contribution is -2.37. The van der Waals surface area contributed by atoms with Gasteiger partial charge in [0.1, 0.15) is 0 Å². The van der Waals surface area contributed by atoms with E-state index in [1.54, 1.807) is 0 Å². The Kier molecular flexibility index (Phi) is 7.38. The molecule has 2 aromatic rings. The van der Waals surface area contributed by atoms with Crippen LogP contribution in [-0.4, -0.2) is 66.1 Å². The average Bonchev–Trinajstić information content (AvgIpc) is 2.94. The van der Waals surface area contributed by atoms with Crippen LogP contribution in [-0.2, 0) is 9.59 Å². The van der Waals surface area contributed by atoms with Gasteiger partial charge < -0.3 is 10.4 Å². The average molecular weight is 396 g/mol. The molecule has 0 aliphatic carbocycles. The van der Waals surface area contributed by atoms with E-state index in [9.17, 15) is 9.59 Å². The molecule has 0 saturated carbocycles. The van der Waals surface area contributed by atoms with Gasteiger partial charge in [-0.1, -0.05) is 42.5 Å². The van der Waals surface area contributed by atoms with Crippen LogP contribution in [0.2, 0.25) is 0 Å². The lowest BCUT2D eigenvalue weighted by atomic mass is 10.1. The van der Waals surface area contributed by atoms with Gasteiger partial charge >= 0.3 is 5.97 Å². The number of carboxylic acid groups (broad SMARTS) is 1. The Balaban J connectivity index is 1.48. The molecule has 1 aliphatic heterocycles. The van der Waals surface area contributed by atoms with Gasteiger partial charge in [0.2, 0.25) is 5.91 Å². The third-order valence-electron chi connectivity index (χ3n) is 5.44. The summed E-state index contributed by atoms with van der Waals surface area (Å²) in [5, 5.41) is 12.0. The van der Waals surface area contributed by atoms with E-state index in [2.05, 4.69) is 22.3 Å². The lowest BCUT2D eigenvalue weighted by molar-refractivity contribution is -0.138. The third kappa shape index (κ3) is 6.41. The summed E-state index contributed by atoms with van der Waals surface area (Å²) in [7, 11) is 1.86. The van der Waals surface area contributed by atoms with Gasteiger partial charge in [0, 0.05) is 18.3 Å². The van der Waals surface area contributed by atoms with Gasteiger partial charge in [-0.05, 0) is 56.1 Å². The van der Waals surface area contributed by atoms with Crippen LogP contribution in [0.1, 0.15) is 19.3 Å². The number of carbonyl (C=O) groups is 2. The Morgan fingerprint density at radius 3 is 2.41 bits per heavy atom. The van der Waals surface area contributed by atoms with Crippen LogP contribution >= 0.6 is 0 Å². The summed E-state index contributed by atoms with van der Waals surface area (Å²) >= 11 is 0. The van der Waals surface area contributed by atoms with Crippen molar-refractivity contribution in [3.63, 3.8) is 0 Å². The van der Waals surface area contributed by atoms with Gasteiger partial charge in [0.05, 0.1) is 13.1 Å². The van der Waals surface area contributed by atoms with Crippen molar-refractivity contribution in [2.75, 3.05) is 38.5 Å². The molecule has 2 aromatic carbocycles. The van der Waals surface area contributed by atoms with Crippen molar-refractivity contribution < 1.29 is 14.7 Å². The van der Waals surface area contributed by atoms with Crippen LogP contribution in [0, 0.1) is 0 Å². The summed E-state index contributed by atoms with van der Waals surface area (Å²) in [5.41, 5.74) is 3.06. The van der Waals surface area contributed by atoms with E-state index in [4.69, 9.17) is 5.11 Å². The highest BCUT2D eigenvalue weighted by molar-refractivity contribution is 5.92. The van der Waals surface area contributed by atoms with Gasteiger partial charge in [-0.3, -0.25) is 19.4 Å². The molecule has 1 saturated heterocycles. The molecule has 1 unspecified atom stereocenters. The second-order valence-corrected chi connectivity index (χ2v) is 7.66. The molecule has 0 aromatic heterocycles. The van der Waals surface area contributed by atoms with Gasteiger partial charge in [-0.15, -0.1) is 0 Å². The van der Waals surface area contributed by atoms with Crippen LogP contribution in [0.25, 0.3) is 11.1 Å². The quantitative estimate of drug-likeness (QED) is 0.753. The highest BCUT2D eigenvalue weighted by atomic mass is 16.4. The molecule has 1 heterocycles. The molecule has 1 amide bonds. The van der Waals surface area contributed by atoms with E-state index in [1.807, 2.05) is 54.4 Å². The Bertz CT molecular complexity index is 808. The molecular formula is C23H29N3O3. The van der Waals surface area contributed by atoms with Crippen molar-refractivity contribution in [1.29, 1.82) is 0 Å². The van der Waals surface area contributed by atoms with E-state index in [1.165, 1.54) is 0 Å². The number of likely N-dealkylation sites (tertiary alicyclic amines) is 1. The van der Waals surface area contributed by atoms with Crippen LogP contribution in [0.15, 0.2) is 54.6 Å². The van der Waals surface area contributed by atoms with Gasteiger partial charge in [-0.2, -0.15) is 0 Å². The first-order valence-electron chi connectivity index (χ1n) is 10.1. The topological polar surface area (TPSA) is 72.9 Å². The maximum atomic E-state index is 12.5. The first-order chi connectivity index (χ1) is 14.0. The minimum absolute atomic E-state index is 0.0187. The fourth-order valence-corrected chi connectivity index (χ4v) is 3.86. The standard InChI is InChI=1S/C23H29N3O3/c1-25(17-23(28)29)21-8-5-14-26(15-13-21)16-22(27)24-20-11-9-19(10-12-20)18-6-3-2-4-7-18/h2-4,6-7,9-12,21H,5,8,13-17H2,1H3,(H,24,27)(H,28,29). The van der Waals surface area contributed by atoms with Crippen molar-refractivity contribution in [3.8, 4) is 11.1 Å². The number of amides is 1. The first kappa shape index (κ1) is 21.0. The number of hydrogen-bond acceptors (Lipinski definition) is 4. The highest BCUT2D eigenvalue weighted by Crippen LogP contribution is 2.21. The molecule has 6 heteroatoms. The lowest BCUT2D eigenvalue weighted by Gasteiger charge is -2.25. The Morgan fingerprint density at radius 2 is 1.72 bits per heavy atom. The molecule has 1 atom stereocenters. The zero-order valence-corrected chi connectivity index (χ0v) is 16.9. The fourth-order valence-electron chi connectivity index (χ4n) is 3.86. The van der Waals surface area contributed by atoms with Gasteiger partial charge in [-0.25, -0.2) is 0 Å². The smallest absolute Gasteiger partial charge is 0.317 e. The summed E-state index contributed by atoms with van der Waals surface area (Å²) in [6.07, 6.45) is 2.80. The van der Waals surface area contributed by atoms with Crippen molar-refractivity contribution in [1.82, 2.24) is 9.80 Å². The molecule has 2 N–H and O–H groups in total. The first-order valence-corrected chi connectivity index (χ1v) is 10.1. The number of anilines is 1. The Morgan fingerprint density at radius 1 is 1.03 bits per heavy atom. The molecule has 29 heavy (non-hydrogen) atoms. The number of nitrogens with zero attached hydrogens (tertiary/aromatic N) is 2. The molecule has 3 rings (SSSR count). The molecule has 0 bridgehead atoms. The number of carbonyl (C=O) groups excluding carboxylic acids is 1. The number of nitrogens with one attached hydrogen (secondary N) is 1. The minimum Gasteiger partial charge on any atom is -0.480 e. The largest absolute Gasteiger partial charge is 0.480 e. The van der Waals surface area contributed by atoms with Gasteiger partial charge in [0.15, 0.2) is 0 Å². The summed E-state index contributed by atoms with van der Waals surface area (Å²) in [5.74, 6) is -0.818. The Labute approximate surface area is 172 Å². The van der Waals surface area contributed by atoms with Crippen molar-refractivity contribution in [2.24, 2.45) is 0 Å². The predicted molar refractivity (Wildman–Crippen MR) is 115 cm³/mol. The number of hydrogen-bond donors (Lipinski definition) is 2. The van der Waals surface area contributed by atoms with E-state index >= 15 is 0 Å². The van der Waals surface area contributed by atoms with E-state index in [-0.39, 0.29) is 18.5 Å². The second kappa shape index (κ2) is 10.2. The van der Waals surface area contributed by atoms with Crippen LogP contribution in [0.5, 0.6) is 0 Å². The van der Waals surface area contributed by atoms with Crippen molar-refractivity contribution in [2.45, 2.75) is 25.3 Å². The monoisotopic (exact) mass is 395 g/mol. The highest BCUT2D eigenvalue weighted by Gasteiger charge is 2.22. The fraction of sp³-hybridized carbons (Fsp3) is 0.391. The Hall–Kier alpha value is -2.70.